The SMILES string of the molecule is CCOC(=O)C1CCCCN1C(=O)Cc1ccccc1. The van der Waals surface area contributed by atoms with Gasteiger partial charge in [-0.3, -0.25) is 4.79 Å². The minimum absolute atomic E-state index is 0.00829. The van der Waals surface area contributed by atoms with Crippen LogP contribution >= 0.6 is 0 Å². The first-order chi connectivity index (χ1) is 9.72. The number of carbonyl (C=O) groups is 2. The lowest BCUT2D eigenvalue weighted by Crippen LogP contribution is -2.49. The van der Waals surface area contributed by atoms with Gasteiger partial charge in [0.1, 0.15) is 6.04 Å². The van der Waals surface area contributed by atoms with Crippen molar-refractivity contribution >= 4 is 11.9 Å². The first-order valence-electron chi connectivity index (χ1n) is 7.22. The van der Waals surface area contributed by atoms with Gasteiger partial charge in [0.05, 0.1) is 13.0 Å². The number of benzene rings is 1. The molecule has 1 heterocycles. The van der Waals surface area contributed by atoms with Crippen molar-refractivity contribution in [3.05, 3.63) is 35.9 Å². The van der Waals surface area contributed by atoms with Crippen LogP contribution in [0.25, 0.3) is 0 Å². The maximum atomic E-state index is 12.4. The minimum atomic E-state index is -0.403. The molecule has 0 aromatic heterocycles. The molecule has 1 aromatic rings. The Morgan fingerprint density at radius 3 is 2.70 bits per heavy atom. The van der Waals surface area contributed by atoms with Crippen molar-refractivity contribution in [1.29, 1.82) is 0 Å². The quantitative estimate of drug-likeness (QED) is 0.791. The predicted molar refractivity (Wildman–Crippen MR) is 76.1 cm³/mol. The van der Waals surface area contributed by atoms with Crippen molar-refractivity contribution in [1.82, 2.24) is 4.90 Å². The molecule has 1 amide bonds. The van der Waals surface area contributed by atoms with E-state index in [1.54, 1.807) is 11.8 Å². The van der Waals surface area contributed by atoms with Gasteiger partial charge in [0.25, 0.3) is 0 Å². The standard InChI is InChI=1S/C16H21NO3/c1-2-20-16(19)14-10-6-7-11-17(14)15(18)12-13-8-4-3-5-9-13/h3-5,8-9,14H,2,6-7,10-12H2,1H3. The van der Waals surface area contributed by atoms with Gasteiger partial charge < -0.3 is 9.64 Å². The zero-order valence-electron chi connectivity index (χ0n) is 11.9. The van der Waals surface area contributed by atoms with Gasteiger partial charge in [0, 0.05) is 6.54 Å². The second-order valence-corrected chi connectivity index (χ2v) is 5.01. The van der Waals surface area contributed by atoms with Gasteiger partial charge in [-0.05, 0) is 31.7 Å². The smallest absolute Gasteiger partial charge is 0.328 e. The highest BCUT2D eigenvalue weighted by Crippen LogP contribution is 2.19. The van der Waals surface area contributed by atoms with Gasteiger partial charge in [-0.25, -0.2) is 4.79 Å². The Balaban J connectivity index is 2.03. The molecule has 1 fully saturated rings. The van der Waals surface area contributed by atoms with Crippen LogP contribution in [-0.2, 0) is 20.7 Å². The lowest BCUT2D eigenvalue weighted by atomic mass is 10.0. The fourth-order valence-electron chi connectivity index (χ4n) is 2.59. The van der Waals surface area contributed by atoms with E-state index in [0.29, 0.717) is 26.0 Å². The molecule has 4 heteroatoms. The Morgan fingerprint density at radius 2 is 2.00 bits per heavy atom. The summed E-state index contributed by atoms with van der Waals surface area (Å²) < 4.78 is 5.08. The fourth-order valence-corrected chi connectivity index (χ4v) is 2.59. The van der Waals surface area contributed by atoms with Crippen molar-refractivity contribution in [2.24, 2.45) is 0 Å². The summed E-state index contributed by atoms with van der Waals surface area (Å²) in [5.41, 5.74) is 0.977. The summed E-state index contributed by atoms with van der Waals surface area (Å²) in [6, 6.07) is 9.22. The fraction of sp³-hybridized carbons (Fsp3) is 0.500. The monoisotopic (exact) mass is 275 g/mol. The third-order valence-corrected chi connectivity index (χ3v) is 3.58. The molecule has 108 valence electrons. The second kappa shape index (κ2) is 7.08. The van der Waals surface area contributed by atoms with Crippen LogP contribution in [0.5, 0.6) is 0 Å². The number of ether oxygens (including phenoxy) is 1. The van der Waals surface area contributed by atoms with Gasteiger partial charge in [-0.15, -0.1) is 0 Å². The second-order valence-electron chi connectivity index (χ2n) is 5.01. The molecule has 1 unspecified atom stereocenters. The molecule has 0 N–H and O–H groups in total. The molecule has 1 aliphatic rings. The van der Waals surface area contributed by atoms with Gasteiger partial charge in [0.2, 0.25) is 5.91 Å². The highest BCUT2D eigenvalue weighted by atomic mass is 16.5. The number of nitrogens with zero attached hydrogens (tertiary/aromatic N) is 1. The first kappa shape index (κ1) is 14.6. The number of rotatable bonds is 4. The Bertz CT molecular complexity index is 458. The van der Waals surface area contributed by atoms with Crippen molar-refractivity contribution < 1.29 is 14.3 Å². The van der Waals surface area contributed by atoms with Crippen LogP contribution in [0.15, 0.2) is 30.3 Å². The number of hydrogen-bond donors (Lipinski definition) is 0. The average molecular weight is 275 g/mol. The van der Waals surface area contributed by atoms with Gasteiger partial charge in [-0.2, -0.15) is 0 Å². The van der Waals surface area contributed by atoms with Crippen LogP contribution < -0.4 is 0 Å². The summed E-state index contributed by atoms with van der Waals surface area (Å²) in [7, 11) is 0. The highest BCUT2D eigenvalue weighted by molar-refractivity contribution is 5.86. The maximum absolute atomic E-state index is 12.4. The largest absolute Gasteiger partial charge is 0.464 e. The molecule has 4 nitrogen and oxygen atoms in total. The van der Waals surface area contributed by atoms with Crippen molar-refractivity contribution in [3.8, 4) is 0 Å². The highest BCUT2D eigenvalue weighted by Gasteiger charge is 2.32. The summed E-state index contributed by atoms with van der Waals surface area (Å²) in [5.74, 6) is -0.262. The summed E-state index contributed by atoms with van der Waals surface area (Å²) >= 11 is 0. The van der Waals surface area contributed by atoms with Crippen LogP contribution in [0, 0.1) is 0 Å². The van der Waals surface area contributed by atoms with E-state index in [-0.39, 0.29) is 11.9 Å². The van der Waals surface area contributed by atoms with E-state index in [2.05, 4.69) is 0 Å². The van der Waals surface area contributed by atoms with E-state index >= 15 is 0 Å². The summed E-state index contributed by atoms with van der Waals surface area (Å²) in [6.45, 7) is 2.79. The van der Waals surface area contributed by atoms with Gasteiger partial charge in [0.15, 0.2) is 0 Å². The zero-order valence-corrected chi connectivity index (χ0v) is 11.9. The molecule has 1 aromatic carbocycles. The molecular weight excluding hydrogens is 254 g/mol. The Labute approximate surface area is 119 Å². The number of piperidine rings is 1. The molecule has 0 aliphatic carbocycles. The third-order valence-electron chi connectivity index (χ3n) is 3.58. The van der Waals surface area contributed by atoms with Crippen molar-refractivity contribution in [2.75, 3.05) is 13.2 Å². The summed E-state index contributed by atoms with van der Waals surface area (Å²) in [5, 5.41) is 0. The van der Waals surface area contributed by atoms with Gasteiger partial charge >= 0.3 is 5.97 Å². The Hall–Kier alpha value is -1.84. The Kier molecular flexibility index (Phi) is 5.16. The number of likely N-dealkylation sites (tertiary alicyclic amines) is 1. The van der Waals surface area contributed by atoms with Gasteiger partial charge in [-0.1, -0.05) is 30.3 Å². The number of carbonyl (C=O) groups excluding carboxylic acids is 2. The van der Waals surface area contributed by atoms with E-state index in [9.17, 15) is 9.59 Å². The number of hydrogen-bond acceptors (Lipinski definition) is 3. The topological polar surface area (TPSA) is 46.6 Å². The van der Waals surface area contributed by atoms with Crippen LogP contribution in [0.1, 0.15) is 31.7 Å². The predicted octanol–water partition coefficient (Wildman–Crippen LogP) is 2.17. The van der Waals surface area contributed by atoms with Crippen LogP contribution in [0.2, 0.25) is 0 Å². The van der Waals surface area contributed by atoms with E-state index in [1.165, 1.54) is 0 Å². The van der Waals surface area contributed by atoms with E-state index in [1.807, 2.05) is 30.3 Å². The minimum Gasteiger partial charge on any atom is -0.464 e. The molecule has 0 bridgehead atoms. The molecule has 2 rings (SSSR count). The molecule has 0 spiro atoms. The molecule has 20 heavy (non-hydrogen) atoms. The molecule has 1 atom stereocenters. The van der Waals surface area contributed by atoms with Crippen LogP contribution in [0.4, 0.5) is 0 Å². The molecule has 1 saturated heterocycles. The van der Waals surface area contributed by atoms with E-state index < -0.39 is 6.04 Å². The molecule has 1 aliphatic heterocycles. The average Bonchev–Trinajstić information content (AvgIpc) is 2.48. The number of amides is 1. The third kappa shape index (κ3) is 3.59. The van der Waals surface area contributed by atoms with Crippen molar-refractivity contribution in [3.63, 3.8) is 0 Å². The molecule has 0 radical (unpaired) electrons. The van der Waals surface area contributed by atoms with Crippen LogP contribution in [0.3, 0.4) is 0 Å². The summed E-state index contributed by atoms with van der Waals surface area (Å²) in [6.07, 6.45) is 2.98. The van der Waals surface area contributed by atoms with E-state index in [0.717, 1.165) is 18.4 Å². The summed E-state index contributed by atoms with van der Waals surface area (Å²) in [4.78, 5) is 26.0. The first-order valence-corrected chi connectivity index (χ1v) is 7.22. The van der Waals surface area contributed by atoms with Crippen molar-refractivity contribution in [2.45, 2.75) is 38.6 Å². The lowest BCUT2D eigenvalue weighted by molar-refractivity contribution is -0.156. The maximum Gasteiger partial charge on any atom is 0.328 e. The molecular formula is C16H21NO3. The lowest BCUT2D eigenvalue weighted by Gasteiger charge is -2.34. The molecule has 0 saturated carbocycles. The number of esters is 1. The van der Waals surface area contributed by atoms with Crippen LogP contribution in [-0.4, -0.2) is 36.0 Å². The Morgan fingerprint density at radius 1 is 1.25 bits per heavy atom. The zero-order chi connectivity index (χ0) is 14.4. The normalized spacial score (nSPS) is 18.6. The van der Waals surface area contributed by atoms with E-state index in [4.69, 9.17) is 4.74 Å².